The number of H-pyrrole nitrogens is 1. The van der Waals surface area contributed by atoms with Crippen LogP contribution in [0.5, 0.6) is 0 Å². The lowest BCUT2D eigenvalue weighted by atomic mass is 10.2. The third-order valence-corrected chi connectivity index (χ3v) is 1.15. The molecule has 0 radical (unpaired) electrons. The van der Waals surface area contributed by atoms with Crippen molar-refractivity contribution in [2.45, 2.75) is 6.92 Å². The standard InChI is InChI=1S/C6H9N3/c1-4-3-8-9-6(4)5(2)7/h3H,2,7H2,1H3,(H,8,9). The van der Waals surface area contributed by atoms with Crippen molar-refractivity contribution in [2.24, 2.45) is 5.73 Å². The molecule has 0 saturated heterocycles. The first-order chi connectivity index (χ1) is 4.22. The first-order valence-electron chi connectivity index (χ1n) is 2.66. The zero-order valence-electron chi connectivity index (χ0n) is 5.31. The Morgan fingerprint density at radius 2 is 2.56 bits per heavy atom. The molecule has 0 fully saturated rings. The van der Waals surface area contributed by atoms with Crippen molar-refractivity contribution in [3.05, 3.63) is 24.0 Å². The summed E-state index contributed by atoms with van der Waals surface area (Å²) in [4.78, 5) is 0. The molecule has 0 aliphatic carbocycles. The Morgan fingerprint density at radius 3 is 2.78 bits per heavy atom. The topological polar surface area (TPSA) is 54.7 Å². The van der Waals surface area contributed by atoms with Crippen LogP contribution in [0.4, 0.5) is 0 Å². The van der Waals surface area contributed by atoms with Gasteiger partial charge in [0.15, 0.2) is 0 Å². The molecule has 3 nitrogen and oxygen atoms in total. The van der Waals surface area contributed by atoms with E-state index in [0.717, 1.165) is 11.3 Å². The van der Waals surface area contributed by atoms with Crippen molar-refractivity contribution in [3.63, 3.8) is 0 Å². The lowest BCUT2D eigenvalue weighted by Crippen LogP contribution is -1.95. The number of nitrogens with zero attached hydrogens (tertiary/aromatic N) is 1. The summed E-state index contributed by atoms with van der Waals surface area (Å²) in [5, 5.41) is 6.51. The van der Waals surface area contributed by atoms with Crippen molar-refractivity contribution >= 4 is 5.70 Å². The van der Waals surface area contributed by atoms with Gasteiger partial charge in [0.05, 0.1) is 11.9 Å². The molecule has 0 aliphatic rings. The second-order valence-electron chi connectivity index (χ2n) is 1.95. The third-order valence-electron chi connectivity index (χ3n) is 1.15. The molecule has 0 aromatic carbocycles. The van der Waals surface area contributed by atoms with E-state index in [-0.39, 0.29) is 0 Å². The van der Waals surface area contributed by atoms with Crippen LogP contribution in [0.3, 0.4) is 0 Å². The maximum absolute atomic E-state index is 5.39. The predicted molar refractivity (Wildman–Crippen MR) is 36.5 cm³/mol. The number of aromatic amines is 1. The van der Waals surface area contributed by atoms with Crippen LogP contribution in [0.15, 0.2) is 12.8 Å². The molecule has 0 aliphatic heterocycles. The Morgan fingerprint density at radius 1 is 1.89 bits per heavy atom. The van der Waals surface area contributed by atoms with Gasteiger partial charge in [-0.2, -0.15) is 5.10 Å². The number of rotatable bonds is 1. The quantitative estimate of drug-likeness (QED) is 0.576. The zero-order chi connectivity index (χ0) is 6.85. The molecule has 1 rings (SSSR count). The van der Waals surface area contributed by atoms with Crippen molar-refractivity contribution in [1.82, 2.24) is 10.2 Å². The summed E-state index contributed by atoms with van der Waals surface area (Å²) in [6.45, 7) is 5.49. The summed E-state index contributed by atoms with van der Waals surface area (Å²) < 4.78 is 0. The Balaban J connectivity index is 3.08. The van der Waals surface area contributed by atoms with Crippen molar-refractivity contribution < 1.29 is 0 Å². The van der Waals surface area contributed by atoms with E-state index in [2.05, 4.69) is 16.8 Å². The smallest absolute Gasteiger partial charge is 0.0830 e. The van der Waals surface area contributed by atoms with Gasteiger partial charge in [0.2, 0.25) is 0 Å². The van der Waals surface area contributed by atoms with Crippen LogP contribution in [0.1, 0.15) is 11.3 Å². The highest BCUT2D eigenvalue weighted by molar-refractivity contribution is 5.58. The summed E-state index contributed by atoms with van der Waals surface area (Å²) in [7, 11) is 0. The molecule has 0 spiro atoms. The highest BCUT2D eigenvalue weighted by Gasteiger charge is 1.98. The van der Waals surface area contributed by atoms with Gasteiger partial charge in [-0.1, -0.05) is 6.58 Å². The van der Waals surface area contributed by atoms with E-state index in [4.69, 9.17) is 5.73 Å². The molecular weight excluding hydrogens is 114 g/mol. The van der Waals surface area contributed by atoms with Gasteiger partial charge in [0.1, 0.15) is 0 Å². The molecule has 1 aromatic heterocycles. The zero-order valence-corrected chi connectivity index (χ0v) is 5.31. The number of hydrogen-bond donors (Lipinski definition) is 2. The lowest BCUT2D eigenvalue weighted by Gasteiger charge is -1.92. The number of hydrogen-bond acceptors (Lipinski definition) is 2. The Bertz CT molecular complexity index is 224. The molecule has 0 unspecified atom stereocenters. The van der Waals surface area contributed by atoms with E-state index in [1.807, 2.05) is 6.92 Å². The molecule has 0 saturated carbocycles. The number of nitrogens with two attached hydrogens (primary N) is 1. The molecule has 0 atom stereocenters. The fourth-order valence-corrected chi connectivity index (χ4v) is 0.671. The summed E-state index contributed by atoms with van der Waals surface area (Å²) >= 11 is 0. The average Bonchev–Trinajstić information content (AvgIpc) is 2.13. The van der Waals surface area contributed by atoms with E-state index in [0.29, 0.717) is 5.70 Å². The second kappa shape index (κ2) is 1.93. The normalized spacial score (nSPS) is 9.44. The largest absolute Gasteiger partial charge is 0.397 e. The van der Waals surface area contributed by atoms with Crippen molar-refractivity contribution in [2.75, 3.05) is 0 Å². The SMILES string of the molecule is C=C(N)c1[nH]ncc1C. The van der Waals surface area contributed by atoms with E-state index >= 15 is 0 Å². The first-order valence-corrected chi connectivity index (χ1v) is 2.66. The first kappa shape index (κ1) is 5.88. The monoisotopic (exact) mass is 123 g/mol. The summed E-state index contributed by atoms with van der Waals surface area (Å²) in [5.41, 5.74) is 7.78. The van der Waals surface area contributed by atoms with Crippen molar-refractivity contribution in [3.8, 4) is 0 Å². The van der Waals surface area contributed by atoms with Gasteiger partial charge in [0, 0.05) is 5.70 Å². The fourth-order valence-electron chi connectivity index (χ4n) is 0.671. The third kappa shape index (κ3) is 0.937. The molecule has 1 aromatic rings. The Kier molecular flexibility index (Phi) is 1.26. The lowest BCUT2D eigenvalue weighted by molar-refractivity contribution is 1.07. The van der Waals surface area contributed by atoms with Crippen LogP contribution < -0.4 is 5.73 Å². The number of aromatic nitrogens is 2. The van der Waals surface area contributed by atoms with Gasteiger partial charge in [-0.25, -0.2) is 0 Å². The average molecular weight is 123 g/mol. The molecule has 3 heteroatoms. The van der Waals surface area contributed by atoms with Crippen LogP contribution in [-0.4, -0.2) is 10.2 Å². The predicted octanol–water partition coefficient (Wildman–Crippen LogP) is 0.648. The van der Waals surface area contributed by atoms with E-state index in [1.54, 1.807) is 6.20 Å². The van der Waals surface area contributed by atoms with Crippen LogP contribution in [0, 0.1) is 6.92 Å². The molecular formula is C6H9N3. The molecule has 3 N–H and O–H groups in total. The van der Waals surface area contributed by atoms with Gasteiger partial charge in [0.25, 0.3) is 0 Å². The number of nitrogens with one attached hydrogen (secondary N) is 1. The Labute approximate surface area is 53.6 Å². The molecule has 48 valence electrons. The number of aryl methyl sites for hydroxylation is 1. The van der Waals surface area contributed by atoms with Crippen LogP contribution >= 0.6 is 0 Å². The minimum Gasteiger partial charge on any atom is -0.397 e. The molecule has 0 amide bonds. The van der Waals surface area contributed by atoms with Crippen LogP contribution in [-0.2, 0) is 0 Å². The highest BCUT2D eigenvalue weighted by Crippen LogP contribution is 2.06. The van der Waals surface area contributed by atoms with Gasteiger partial charge in [-0.15, -0.1) is 0 Å². The summed E-state index contributed by atoms with van der Waals surface area (Å²) in [5.74, 6) is 0. The Hall–Kier alpha value is -1.25. The van der Waals surface area contributed by atoms with Crippen LogP contribution in [0.2, 0.25) is 0 Å². The van der Waals surface area contributed by atoms with Gasteiger partial charge in [-0.05, 0) is 12.5 Å². The van der Waals surface area contributed by atoms with E-state index in [1.165, 1.54) is 0 Å². The fraction of sp³-hybridized carbons (Fsp3) is 0.167. The summed E-state index contributed by atoms with van der Waals surface area (Å²) in [6.07, 6.45) is 1.72. The molecule has 9 heavy (non-hydrogen) atoms. The maximum Gasteiger partial charge on any atom is 0.0830 e. The van der Waals surface area contributed by atoms with E-state index < -0.39 is 0 Å². The van der Waals surface area contributed by atoms with Gasteiger partial charge >= 0.3 is 0 Å². The van der Waals surface area contributed by atoms with Gasteiger partial charge < -0.3 is 5.73 Å². The molecule has 0 bridgehead atoms. The van der Waals surface area contributed by atoms with E-state index in [9.17, 15) is 0 Å². The molecule has 1 heterocycles. The minimum absolute atomic E-state index is 0.532. The minimum atomic E-state index is 0.532. The maximum atomic E-state index is 5.39. The summed E-state index contributed by atoms with van der Waals surface area (Å²) in [6, 6.07) is 0. The second-order valence-corrected chi connectivity index (χ2v) is 1.95. The highest BCUT2D eigenvalue weighted by atomic mass is 15.1. The van der Waals surface area contributed by atoms with Gasteiger partial charge in [-0.3, -0.25) is 5.10 Å². The van der Waals surface area contributed by atoms with Crippen LogP contribution in [0.25, 0.3) is 5.70 Å². The van der Waals surface area contributed by atoms with Crippen molar-refractivity contribution in [1.29, 1.82) is 0 Å².